The van der Waals surface area contributed by atoms with Gasteiger partial charge in [0.05, 0.1) is 17.7 Å². The van der Waals surface area contributed by atoms with Gasteiger partial charge in [-0.1, -0.05) is 0 Å². The summed E-state index contributed by atoms with van der Waals surface area (Å²) in [6, 6.07) is 3.56. The van der Waals surface area contributed by atoms with Crippen molar-refractivity contribution in [3.05, 3.63) is 35.3 Å². The Labute approximate surface area is 191 Å². The van der Waals surface area contributed by atoms with Crippen LogP contribution in [-0.2, 0) is 11.2 Å². The van der Waals surface area contributed by atoms with E-state index in [0.717, 1.165) is 18.7 Å². The summed E-state index contributed by atoms with van der Waals surface area (Å²) in [5.41, 5.74) is 0.728. The van der Waals surface area contributed by atoms with Gasteiger partial charge in [-0.25, -0.2) is 0 Å². The van der Waals surface area contributed by atoms with Crippen LogP contribution in [0.3, 0.4) is 0 Å². The van der Waals surface area contributed by atoms with E-state index in [2.05, 4.69) is 20.5 Å². The minimum atomic E-state index is -0.451. The molecule has 3 aliphatic rings. The molecule has 5 rings (SSSR count). The number of amides is 3. The first-order valence-electron chi connectivity index (χ1n) is 11.3. The smallest absolute Gasteiger partial charge is 0.259 e. The second-order valence-electron chi connectivity index (χ2n) is 8.76. The molecule has 2 N–H and O–H groups in total. The van der Waals surface area contributed by atoms with E-state index in [-0.39, 0.29) is 22.9 Å². The number of carbonyl (C=O) groups excluding carboxylic acids is 3. The molecule has 1 spiro atoms. The number of ether oxygens (including phenoxy) is 1. The Hall–Kier alpha value is -3.56. The van der Waals surface area contributed by atoms with E-state index < -0.39 is 5.91 Å². The summed E-state index contributed by atoms with van der Waals surface area (Å²) < 4.78 is 11.3. The number of pyridine rings is 1. The van der Waals surface area contributed by atoms with Gasteiger partial charge in [-0.05, 0) is 31.9 Å². The van der Waals surface area contributed by atoms with Crippen LogP contribution in [0, 0.1) is 0 Å². The van der Waals surface area contributed by atoms with E-state index in [9.17, 15) is 14.4 Å². The summed E-state index contributed by atoms with van der Waals surface area (Å²) in [4.78, 5) is 45.7. The molecule has 10 heteroatoms. The molecule has 0 atom stereocenters. The van der Waals surface area contributed by atoms with Crippen molar-refractivity contribution in [2.75, 3.05) is 43.0 Å². The number of aromatic nitrogens is 1. The molecule has 3 amide bonds. The minimum Gasteiger partial charge on any atom is -0.476 e. The first-order chi connectivity index (χ1) is 15.9. The van der Waals surface area contributed by atoms with Crippen LogP contribution >= 0.6 is 0 Å². The highest BCUT2D eigenvalue weighted by atomic mass is 16.5. The molecular formula is C23H27N5O5. The molecule has 1 saturated carbocycles. The molecule has 2 aromatic rings. The van der Waals surface area contributed by atoms with Gasteiger partial charge in [0.1, 0.15) is 23.5 Å². The quantitative estimate of drug-likeness (QED) is 0.709. The van der Waals surface area contributed by atoms with E-state index in [1.54, 1.807) is 17.9 Å². The van der Waals surface area contributed by atoms with Crippen LogP contribution in [0.5, 0.6) is 5.88 Å². The Balaban J connectivity index is 1.34. The van der Waals surface area contributed by atoms with Gasteiger partial charge in [-0.15, -0.1) is 0 Å². The number of carbonyl (C=O) groups is 3. The van der Waals surface area contributed by atoms with Crippen LogP contribution < -0.4 is 20.3 Å². The zero-order valence-electron chi connectivity index (χ0n) is 18.8. The molecule has 33 heavy (non-hydrogen) atoms. The Morgan fingerprint density at radius 3 is 2.67 bits per heavy atom. The SMILES string of the molecule is CCOc1nc(N2CCN(C(C)=O)CC2)ccc1NC(=O)c1coc2c1C(=O)NC1(CC1)C2. The molecule has 10 nitrogen and oxygen atoms in total. The molecule has 2 aromatic heterocycles. The van der Waals surface area contributed by atoms with Crippen molar-refractivity contribution in [2.24, 2.45) is 0 Å². The predicted octanol–water partition coefficient (Wildman–Crippen LogP) is 1.81. The second-order valence-corrected chi connectivity index (χ2v) is 8.76. The fourth-order valence-electron chi connectivity index (χ4n) is 4.44. The lowest BCUT2D eigenvalue weighted by Crippen LogP contribution is -2.48. The lowest BCUT2D eigenvalue weighted by atomic mass is 9.98. The summed E-state index contributed by atoms with van der Waals surface area (Å²) >= 11 is 0. The first kappa shape index (κ1) is 21.3. The molecule has 0 radical (unpaired) electrons. The number of furan rings is 1. The summed E-state index contributed by atoms with van der Waals surface area (Å²) in [6.07, 6.45) is 3.82. The minimum absolute atomic E-state index is 0.0677. The fraction of sp³-hybridized carbons (Fsp3) is 0.478. The maximum absolute atomic E-state index is 13.0. The van der Waals surface area contributed by atoms with Crippen LogP contribution in [0.2, 0.25) is 0 Å². The summed E-state index contributed by atoms with van der Waals surface area (Å²) in [5, 5.41) is 5.83. The molecular weight excluding hydrogens is 426 g/mol. The number of fused-ring (bicyclic) bond motifs is 1. The third kappa shape index (κ3) is 4.01. The lowest BCUT2D eigenvalue weighted by Gasteiger charge is -2.35. The van der Waals surface area contributed by atoms with Gasteiger partial charge in [0.25, 0.3) is 11.8 Å². The zero-order valence-corrected chi connectivity index (χ0v) is 18.8. The van der Waals surface area contributed by atoms with E-state index in [1.165, 1.54) is 6.26 Å². The van der Waals surface area contributed by atoms with Crippen molar-refractivity contribution < 1.29 is 23.5 Å². The molecule has 1 saturated heterocycles. The van der Waals surface area contributed by atoms with E-state index in [0.29, 0.717) is 62.1 Å². The van der Waals surface area contributed by atoms with Gasteiger partial charge < -0.3 is 29.6 Å². The molecule has 4 heterocycles. The molecule has 1 aliphatic carbocycles. The highest BCUT2D eigenvalue weighted by molar-refractivity contribution is 6.13. The lowest BCUT2D eigenvalue weighted by molar-refractivity contribution is -0.129. The molecule has 2 aliphatic heterocycles. The standard InChI is InChI=1S/C23H27N5O5/c1-3-32-22-16(4-5-18(25-22)28-10-8-27(9-11-28)14(2)29)24-20(30)15-13-33-17-12-23(6-7-23)26-21(31)19(15)17/h4-5,13H,3,6-12H2,1-2H3,(H,24,30)(H,26,31). The van der Waals surface area contributed by atoms with Gasteiger partial charge in [-0.2, -0.15) is 4.98 Å². The summed E-state index contributed by atoms with van der Waals surface area (Å²) in [6.45, 7) is 6.40. The Kier molecular flexibility index (Phi) is 5.22. The fourth-order valence-corrected chi connectivity index (χ4v) is 4.44. The van der Waals surface area contributed by atoms with Crippen molar-refractivity contribution in [1.29, 1.82) is 0 Å². The van der Waals surface area contributed by atoms with Crippen molar-refractivity contribution >= 4 is 29.2 Å². The zero-order chi connectivity index (χ0) is 23.2. The molecule has 174 valence electrons. The first-order valence-corrected chi connectivity index (χ1v) is 11.3. The number of nitrogens with one attached hydrogen (secondary N) is 2. The topological polar surface area (TPSA) is 117 Å². The molecule has 0 unspecified atom stereocenters. The average Bonchev–Trinajstić information content (AvgIpc) is 3.38. The third-order valence-electron chi connectivity index (χ3n) is 6.49. The van der Waals surface area contributed by atoms with E-state index >= 15 is 0 Å². The van der Waals surface area contributed by atoms with Crippen LogP contribution in [0.1, 0.15) is 53.2 Å². The van der Waals surface area contributed by atoms with Gasteiger partial charge in [-0.3, -0.25) is 14.4 Å². The van der Waals surface area contributed by atoms with Crippen molar-refractivity contribution in [2.45, 2.75) is 38.6 Å². The molecule has 0 aromatic carbocycles. The Bertz CT molecular complexity index is 1110. The number of anilines is 2. The Morgan fingerprint density at radius 1 is 1.24 bits per heavy atom. The van der Waals surface area contributed by atoms with Crippen molar-refractivity contribution in [3.63, 3.8) is 0 Å². The van der Waals surface area contributed by atoms with Crippen molar-refractivity contribution in [1.82, 2.24) is 15.2 Å². The van der Waals surface area contributed by atoms with Gasteiger partial charge >= 0.3 is 0 Å². The third-order valence-corrected chi connectivity index (χ3v) is 6.49. The maximum Gasteiger partial charge on any atom is 0.259 e. The van der Waals surface area contributed by atoms with Gasteiger partial charge in [0, 0.05) is 45.1 Å². The van der Waals surface area contributed by atoms with Crippen LogP contribution in [0.15, 0.2) is 22.8 Å². The normalized spacial score (nSPS) is 18.5. The van der Waals surface area contributed by atoms with Gasteiger partial charge in [0.15, 0.2) is 0 Å². The van der Waals surface area contributed by atoms with Crippen LogP contribution in [0.25, 0.3) is 0 Å². The number of hydrogen-bond donors (Lipinski definition) is 2. The number of hydrogen-bond acceptors (Lipinski definition) is 7. The maximum atomic E-state index is 13.0. The highest BCUT2D eigenvalue weighted by Crippen LogP contribution is 2.43. The average molecular weight is 453 g/mol. The monoisotopic (exact) mass is 453 g/mol. The summed E-state index contributed by atoms with van der Waals surface area (Å²) in [7, 11) is 0. The largest absolute Gasteiger partial charge is 0.476 e. The van der Waals surface area contributed by atoms with E-state index in [4.69, 9.17) is 9.15 Å². The predicted molar refractivity (Wildman–Crippen MR) is 120 cm³/mol. The van der Waals surface area contributed by atoms with Gasteiger partial charge in [0.2, 0.25) is 11.8 Å². The van der Waals surface area contributed by atoms with E-state index in [1.807, 2.05) is 13.0 Å². The number of nitrogens with zero attached hydrogens (tertiary/aromatic N) is 3. The second kappa shape index (κ2) is 8.09. The van der Waals surface area contributed by atoms with Crippen LogP contribution in [-0.4, -0.2) is 65.9 Å². The van der Waals surface area contributed by atoms with Crippen molar-refractivity contribution in [3.8, 4) is 5.88 Å². The number of rotatable bonds is 5. The highest BCUT2D eigenvalue weighted by Gasteiger charge is 2.50. The Morgan fingerprint density at radius 2 is 2.00 bits per heavy atom. The van der Waals surface area contributed by atoms with Crippen LogP contribution in [0.4, 0.5) is 11.5 Å². The molecule has 0 bridgehead atoms. The molecule has 2 fully saturated rings. The summed E-state index contributed by atoms with van der Waals surface area (Å²) in [5.74, 6) is 0.927. The number of piperazine rings is 1.